The lowest BCUT2D eigenvalue weighted by Gasteiger charge is -2.09. The predicted molar refractivity (Wildman–Crippen MR) is 43.0 cm³/mol. The Morgan fingerprint density at radius 2 is 1.87 bits per heavy atom. The molecule has 86 valence electrons. The van der Waals surface area contributed by atoms with Crippen LogP contribution in [0.1, 0.15) is 12.8 Å². The Labute approximate surface area is 83.3 Å². The van der Waals surface area contributed by atoms with Gasteiger partial charge in [-0.25, -0.2) is 4.79 Å². The monoisotopic (exact) mass is 226 g/mol. The molecule has 0 radical (unpaired) electrons. The third kappa shape index (κ3) is 5.71. The van der Waals surface area contributed by atoms with Crippen LogP contribution < -0.4 is 0 Å². The van der Waals surface area contributed by atoms with E-state index in [1.807, 2.05) is 0 Å². The topological polar surface area (TPSA) is 63.6 Å². The lowest BCUT2D eigenvalue weighted by Crippen LogP contribution is -2.21. The van der Waals surface area contributed by atoms with Gasteiger partial charge in [-0.1, -0.05) is 6.58 Å². The minimum absolute atomic E-state index is 0.0355. The fourth-order valence-corrected chi connectivity index (χ4v) is 0.591. The van der Waals surface area contributed by atoms with Crippen molar-refractivity contribution in [2.75, 3.05) is 6.61 Å². The highest BCUT2D eigenvalue weighted by Gasteiger charge is 2.37. The SMILES string of the molecule is C=C(C(=O)OCCCC(=O)O)C(F)(F)F. The molecule has 0 aliphatic rings. The van der Waals surface area contributed by atoms with Gasteiger partial charge in [0.15, 0.2) is 0 Å². The van der Waals surface area contributed by atoms with E-state index in [1.165, 1.54) is 0 Å². The zero-order valence-electron chi connectivity index (χ0n) is 7.63. The number of esters is 1. The lowest BCUT2D eigenvalue weighted by atomic mass is 10.3. The number of carbonyl (C=O) groups excluding carboxylic acids is 1. The molecule has 0 aromatic heterocycles. The molecule has 0 saturated heterocycles. The van der Waals surface area contributed by atoms with Crippen LogP contribution in [0.4, 0.5) is 13.2 Å². The van der Waals surface area contributed by atoms with Crippen LogP contribution in [0.2, 0.25) is 0 Å². The summed E-state index contributed by atoms with van der Waals surface area (Å²) in [7, 11) is 0. The van der Waals surface area contributed by atoms with E-state index < -0.39 is 23.7 Å². The van der Waals surface area contributed by atoms with Crippen molar-refractivity contribution in [3.8, 4) is 0 Å². The molecule has 0 amide bonds. The minimum Gasteiger partial charge on any atom is -0.481 e. The van der Waals surface area contributed by atoms with Crippen molar-refractivity contribution in [1.29, 1.82) is 0 Å². The molecule has 0 spiro atoms. The zero-order chi connectivity index (χ0) is 12.1. The fraction of sp³-hybridized carbons (Fsp3) is 0.500. The summed E-state index contributed by atoms with van der Waals surface area (Å²) in [5, 5.41) is 8.18. The minimum atomic E-state index is -4.82. The molecule has 0 atom stereocenters. The molecule has 0 aromatic rings. The fourth-order valence-electron chi connectivity index (χ4n) is 0.591. The molecule has 0 aliphatic heterocycles. The Morgan fingerprint density at radius 3 is 2.27 bits per heavy atom. The summed E-state index contributed by atoms with van der Waals surface area (Å²) in [4.78, 5) is 20.6. The highest BCUT2D eigenvalue weighted by molar-refractivity contribution is 5.89. The number of carboxylic acids is 1. The molecule has 0 aliphatic carbocycles. The number of halogens is 3. The Bertz CT molecular complexity index is 270. The van der Waals surface area contributed by atoms with Crippen molar-refractivity contribution < 1.29 is 32.6 Å². The maximum Gasteiger partial charge on any atom is 0.422 e. The van der Waals surface area contributed by atoms with Gasteiger partial charge in [0.05, 0.1) is 6.61 Å². The quantitative estimate of drug-likeness (QED) is 0.438. The van der Waals surface area contributed by atoms with Crippen molar-refractivity contribution in [1.82, 2.24) is 0 Å². The Hall–Kier alpha value is -1.53. The molecule has 15 heavy (non-hydrogen) atoms. The Balaban J connectivity index is 3.85. The van der Waals surface area contributed by atoms with Crippen LogP contribution in [0.15, 0.2) is 12.2 Å². The average molecular weight is 226 g/mol. The van der Waals surface area contributed by atoms with Gasteiger partial charge in [0.25, 0.3) is 0 Å². The number of aliphatic carboxylic acids is 1. The summed E-state index contributed by atoms with van der Waals surface area (Å²) in [6, 6.07) is 0. The van der Waals surface area contributed by atoms with Crippen LogP contribution in [0.5, 0.6) is 0 Å². The maximum absolute atomic E-state index is 11.8. The molecule has 0 heterocycles. The summed E-state index contributed by atoms with van der Waals surface area (Å²) < 4.78 is 39.7. The standard InChI is InChI=1S/C8H9F3O4/c1-5(8(9,10)11)7(14)15-4-2-3-6(12)13/h1-4H2,(H,12,13). The van der Waals surface area contributed by atoms with Crippen molar-refractivity contribution in [3.63, 3.8) is 0 Å². The van der Waals surface area contributed by atoms with Gasteiger partial charge in [0.1, 0.15) is 5.57 Å². The smallest absolute Gasteiger partial charge is 0.422 e. The highest BCUT2D eigenvalue weighted by atomic mass is 19.4. The first-order valence-corrected chi connectivity index (χ1v) is 3.90. The first-order valence-electron chi connectivity index (χ1n) is 3.90. The predicted octanol–water partition coefficient (Wildman–Crippen LogP) is 1.51. The van der Waals surface area contributed by atoms with E-state index in [0.29, 0.717) is 0 Å². The summed E-state index contributed by atoms with van der Waals surface area (Å²) in [5.41, 5.74) is -1.60. The molecular formula is C8H9F3O4. The number of hydrogen-bond donors (Lipinski definition) is 1. The molecule has 0 fully saturated rings. The summed E-state index contributed by atoms with van der Waals surface area (Å²) >= 11 is 0. The number of ether oxygens (including phenoxy) is 1. The molecule has 0 bridgehead atoms. The summed E-state index contributed by atoms with van der Waals surface area (Å²) in [6.07, 6.45) is -5.12. The summed E-state index contributed by atoms with van der Waals surface area (Å²) in [5.74, 6) is -2.69. The Morgan fingerprint density at radius 1 is 1.33 bits per heavy atom. The number of rotatable bonds is 5. The molecule has 0 rings (SSSR count). The number of hydrogen-bond acceptors (Lipinski definition) is 3. The van der Waals surface area contributed by atoms with Crippen LogP contribution in [-0.2, 0) is 14.3 Å². The van der Waals surface area contributed by atoms with Crippen LogP contribution in [0, 0.1) is 0 Å². The number of carbonyl (C=O) groups is 2. The van der Waals surface area contributed by atoms with Crippen LogP contribution in [-0.4, -0.2) is 29.8 Å². The molecule has 0 saturated carbocycles. The van der Waals surface area contributed by atoms with Crippen molar-refractivity contribution in [2.24, 2.45) is 0 Å². The second-order valence-corrected chi connectivity index (χ2v) is 2.61. The maximum atomic E-state index is 11.8. The first-order chi connectivity index (χ1) is 6.75. The van der Waals surface area contributed by atoms with Gasteiger partial charge in [-0.3, -0.25) is 4.79 Å². The van der Waals surface area contributed by atoms with E-state index in [1.54, 1.807) is 0 Å². The van der Waals surface area contributed by atoms with Gasteiger partial charge in [-0.2, -0.15) is 13.2 Å². The van der Waals surface area contributed by atoms with E-state index >= 15 is 0 Å². The van der Waals surface area contributed by atoms with Gasteiger partial charge in [-0.15, -0.1) is 0 Å². The molecule has 0 aromatic carbocycles. The van der Waals surface area contributed by atoms with Crippen molar-refractivity contribution in [2.45, 2.75) is 19.0 Å². The van der Waals surface area contributed by atoms with Gasteiger partial charge >= 0.3 is 18.1 Å². The third-order valence-corrected chi connectivity index (χ3v) is 1.36. The second-order valence-electron chi connectivity index (χ2n) is 2.61. The van der Waals surface area contributed by atoms with Gasteiger partial charge < -0.3 is 9.84 Å². The molecule has 0 unspecified atom stereocenters. The van der Waals surface area contributed by atoms with Crippen molar-refractivity contribution >= 4 is 11.9 Å². The second kappa shape index (κ2) is 5.38. The average Bonchev–Trinajstić information content (AvgIpc) is 2.09. The van der Waals surface area contributed by atoms with E-state index in [4.69, 9.17) is 5.11 Å². The van der Waals surface area contributed by atoms with Crippen molar-refractivity contribution in [3.05, 3.63) is 12.2 Å². The van der Waals surface area contributed by atoms with Gasteiger partial charge in [0.2, 0.25) is 0 Å². The number of carboxylic acid groups (broad SMARTS) is 1. The largest absolute Gasteiger partial charge is 0.481 e. The van der Waals surface area contributed by atoms with E-state index in [2.05, 4.69) is 11.3 Å². The highest BCUT2D eigenvalue weighted by Crippen LogP contribution is 2.24. The number of alkyl halides is 3. The van der Waals surface area contributed by atoms with E-state index in [9.17, 15) is 22.8 Å². The zero-order valence-corrected chi connectivity index (χ0v) is 7.63. The van der Waals surface area contributed by atoms with E-state index in [0.717, 1.165) is 0 Å². The van der Waals surface area contributed by atoms with Crippen LogP contribution in [0.25, 0.3) is 0 Å². The molecular weight excluding hydrogens is 217 g/mol. The van der Waals surface area contributed by atoms with Crippen LogP contribution >= 0.6 is 0 Å². The van der Waals surface area contributed by atoms with Crippen LogP contribution in [0.3, 0.4) is 0 Å². The van der Waals surface area contributed by atoms with E-state index in [-0.39, 0.29) is 19.4 Å². The Kier molecular flexibility index (Phi) is 4.83. The summed E-state index contributed by atoms with van der Waals surface area (Å²) in [6.45, 7) is 2.15. The van der Waals surface area contributed by atoms with Gasteiger partial charge in [-0.05, 0) is 6.42 Å². The first kappa shape index (κ1) is 13.5. The molecule has 7 heteroatoms. The lowest BCUT2D eigenvalue weighted by molar-refractivity contribution is -0.151. The molecule has 4 nitrogen and oxygen atoms in total. The normalized spacial score (nSPS) is 10.9. The van der Waals surface area contributed by atoms with Gasteiger partial charge in [0, 0.05) is 6.42 Å². The third-order valence-electron chi connectivity index (χ3n) is 1.36. The molecule has 1 N–H and O–H groups in total.